The summed E-state index contributed by atoms with van der Waals surface area (Å²) in [5.74, 6) is 0.876. The van der Waals surface area contributed by atoms with Crippen molar-refractivity contribution >= 4 is 31.4 Å². The fourth-order valence-corrected chi connectivity index (χ4v) is 2.35. The molecule has 0 aliphatic rings. The van der Waals surface area contributed by atoms with Gasteiger partial charge < -0.3 is 33.1 Å². The van der Waals surface area contributed by atoms with E-state index in [4.69, 9.17) is 4.43 Å². The van der Waals surface area contributed by atoms with Gasteiger partial charge in [0, 0.05) is 0 Å². The number of rotatable bonds is 4. The second kappa shape index (κ2) is 11.5. The van der Waals surface area contributed by atoms with Crippen LogP contribution >= 0.6 is 0 Å². The molecule has 0 heterocycles. The minimum atomic E-state index is -1.78. The van der Waals surface area contributed by atoms with Crippen molar-refractivity contribution in [1.82, 2.24) is 0 Å². The average Bonchev–Trinajstić information content (AvgIpc) is 2.39. The van der Waals surface area contributed by atoms with Crippen LogP contribution in [0.15, 0.2) is 43.5 Å². The smallest absolute Gasteiger partial charge is 1.00 e. The monoisotopic (exact) mass is 394 g/mol. The third-order valence-corrected chi connectivity index (χ3v) is 7.98. The third kappa shape index (κ3) is 7.97. The standard InChI is InChI=1S/C15H24O2Si.C2H3.BrH.Mg/c1-7-14(16)12-8-10-13(11-9-12)17-18(5,6)15(2,3)4;1-2;;/h7-11,14,16H,1H2,2-6H3;1H,2H2;1H;/q;-1;;+2/p-1. The number of aliphatic hydroxyl groups is 1. The summed E-state index contributed by atoms with van der Waals surface area (Å²) in [4.78, 5) is 0. The fourth-order valence-electron chi connectivity index (χ4n) is 1.32. The van der Waals surface area contributed by atoms with E-state index in [1.807, 2.05) is 24.3 Å². The first-order chi connectivity index (χ1) is 9.17. The van der Waals surface area contributed by atoms with E-state index in [2.05, 4.69) is 53.6 Å². The molecule has 1 atom stereocenters. The Kier molecular flexibility index (Phi) is 14.0. The van der Waals surface area contributed by atoms with Gasteiger partial charge in [-0.1, -0.05) is 39.0 Å². The molecule has 0 saturated carbocycles. The van der Waals surface area contributed by atoms with Gasteiger partial charge in [0.15, 0.2) is 0 Å². The molecule has 0 radical (unpaired) electrons. The van der Waals surface area contributed by atoms with Gasteiger partial charge in [0.05, 0.1) is 6.10 Å². The molecular weight excluding hydrogens is 368 g/mol. The molecule has 1 unspecified atom stereocenters. The predicted octanol–water partition coefficient (Wildman–Crippen LogP) is 1.52. The average molecular weight is 396 g/mol. The molecule has 0 aromatic heterocycles. The molecule has 0 aliphatic carbocycles. The van der Waals surface area contributed by atoms with Crippen molar-refractivity contribution in [3.63, 3.8) is 0 Å². The van der Waals surface area contributed by atoms with Crippen LogP contribution in [0.3, 0.4) is 0 Å². The molecule has 120 valence electrons. The first kappa shape index (κ1) is 26.8. The number of hydrogen-bond donors (Lipinski definition) is 1. The zero-order valence-corrected chi connectivity index (χ0v) is 18.4. The molecule has 2 nitrogen and oxygen atoms in total. The fraction of sp³-hybridized carbons (Fsp3) is 0.412. The van der Waals surface area contributed by atoms with Crippen LogP contribution in [0.25, 0.3) is 0 Å². The quantitative estimate of drug-likeness (QED) is 0.476. The van der Waals surface area contributed by atoms with Gasteiger partial charge in [0.1, 0.15) is 5.75 Å². The Morgan fingerprint density at radius 1 is 1.18 bits per heavy atom. The van der Waals surface area contributed by atoms with Crippen LogP contribution in [0.1, 0.15) is 32.4 Å². The van der Waals surface area contributed by atoms with Crippen LogP contribution in [0.2, 0.25) is 18.1 Å². The first-order valence-electron chi connectivity index (χ1n) is 6.68. The second-order valence-electron chi connectivity index (χ2n) is 6.11. The third-order valence-electron chi connectivity index (χ3n) is 3.62. The molecule has 0 amide bonds. The van der Waals surface area contributed by atoms with Gasteiger partial charge in [-0.05, 0) is 35.8 Å². The summed E-state index contributed by atoms with van der Waals surface area (Å²) in [5, 5.41) is 9.82. The van der Waals surface area contributed by atoms with Gasteiger partial charge in [-0.2, -0.15) is 0 Å². The van der Waals surface area contributed by atoms with Crippen molar-refractivity contribution in [3.8, 4) is 5.75 Å². The maximum atomic E-state index is 9.63. The predicted molar refractivity (Wildman–Crippen MR) is 95.1 cm³/mol. The second-order valence-corrected chi connectivity index (χ2v) is 10.8. The van der Waals surface area contributed by atoms with Gasteiger partial charge in [-0.25, -0.2) is 0 Å². The molecule has 1 N–H and O–H groups in total. The summed E-state index contributed by atoms with van der Waals surface area (Å²) in [6, 6.07) is 7.61. The van der Waals surface area contributed by atoms with Crippen molar-refractivity contribution in [2.24, 2.45) is 0 Å². The van der Waals surface area contributed by atoms with Crippen molar-refractivity contribution in [3.05, 3.63) is 55.6 Å². The van der Waals surface area contributed by atoms with Crippen molar-refractivity contribution in [2.45, 2.75) is 45.0 Å². The number of benzene rings is 1. The SMILES string of the molecule is C=CC(O)c1ccc(O[Si](C)(C)C(C)(C)C)cc1.[Br-].[CH-]=C.[Mg+2]. The van der Waals surface area contributed by atoms with Crippen molar-refractivity contribution < 1.29 is 26.5 Å². The molecule has 5 heteroatoms. The molecule has 0 fully saturated rings. The van der Waals surface area contributed by atoms with Gasteiger partial charge >= 0.3 is 23.1 Å². The maximum Gasteiger partial charge on any atom is 2.00 e. The topological polar surface area (TPSA) is 29.5 Å². The van der Waals surface area contributed by atoms with Crippen molar-refractivity contribution in [1.29, 1.82) is 0 Å². The van der Waals surface area contributed by atoms with Gasteiger partial charge in [-0.15, -0.1) is 6.58 Å². The minimum Gasteiger partial charge on any atom is -1.00 e. The largest absolute Gasteiger partial charge is 2.00 e. The molecular formula is C17H27BrMgO2Si. The zero-order valence-electron chi connectivity index (χ0n) is 14.4. The van der Waals surface area contributed by atoms with E-state index in [0.717, 1.165) is 11.3 Å². The summed E-state index contributed by atoms with van der Waals surface area (Å²) in [6.45, 7) is 21.7. The van der Waals surface area contributed by atoms with Crippen LogP contribution in [0, 0.1) is 6.58 Å². The molecule has 1 aromatic rings. The number of halogens is 1. The Morgan fingerprint density at radius 2 is 1.59 bits per heavy atom. The van der Waals surface area contributed by atoms with E-state index < -0.39 is 14.4 Å². The Balaban J connectivity index is -0.000000864. The van der Waals surface area contributed by atoms with E-state index in [9.17, 15) is 5.11 Å². The van der Waals surface area contributed by atoms with Crippen LogP contribution < -0.4 is 21.4 Å². The van der Waals surface area contributed by atoms with Crippen LogP contribution in [0.5, 0.6) is 5.75 Å². The molecule has 1 rings (SSSR count). The Bertz CT molecular complexity index is 427. The van der Waals surface area contributed by atoms with Gasteiger partial charge in [0.2, 0.25) is 8.32 Å². The summed E-state index contributed by atoms with van der Waals surface area (Å²) < 4.78 is 6.17. The van der Waals surface area contributed by atoms with E-state index >= 15 is 0 Å². The summed E-state index contributed by atoms with van der Waals surface area (Å²) >= 11 is 0. The Hall–Kier alpha value is -0.0769. The molecule has 0 bridgehead atoms. The summed E-state index contributed by atoms with van der Waals surface area (Å²) in [5.41, 5.74) is 0.840. The van der Waals surface area contributed by atoms with E-state index in [-0.39, 0.29) is 45.1 Å². The zero-order chi connectivity index (χ0) is 16.0. The molecule has 1 aromatic carbocycles. The molecule has 0 spiro atoms. The van der Waals surface area contributed by atoms with E-state index in [1.54, 1.807) is 0 Å². The summed E-state index contributed by atoms with van der Waals surface area (Å²) in [6.07, 6.45) is 0.913. The molecule has 22 heavy (non-hydrogen) atoms. The number of hydrogen-bond acceptors (Lipinski definition) is 2. The molecule has 0 saturated heterocycles. The van der Waals surface area contributed by atoms with Crippen LogP contribution in [-0.2, 0) is 0 Å². The Morgan fingerprint density at radius 3 is 1.91 bits per heavy atom. The van der Waals surface area contributed by atoms with Crippen LogP contribution in [0.4, 0.5) is 0 Å². The summed E-state index contributed by atoms with van der Waals surface area (Å²) in [7, 11) is -1.78. The Labute approximate surface area is 163 Å². The maximum absolute atomic E-state index is 9.63. The minimum absolute atomic E-state index is 0. The molecule has 0 aliphatic heterocycles. The van der Waals surface area contributed by atoms with Gasteiger partial charge in [0.25, 0.3) is 0 Å². The van der Waals surface area contributed by atoms with E-state index in [0.29, 0.717) is 0 Å². The van der Waals surface area contributed by atoms with Crippen LogP contribution in [-0.4, -0.2) is 36.5 Å². The normalized spacial score (nSPS) is 11.7. The van der Waals surface area contributed by atoms with Gasteiger partial charge in [-0.3, -0.25) is 6.58 Å². The first-order valence-corrected chi connectivity index (χ1v) is 9.58. The van der Waals surface area contributed by atoms with E-state index in [1.165, 1.54) is 6.08 Å². The van der Waals surface area contributed by atoms with Crippen molar-refractivity contribution in [2.75, 3.05) is 0 Å². The number of aliphatic hydroxyl groups excluding tert-OH is 1.